The molecule has 2 atom stereocenters. The molecule has 6 nitrogen and oxygen atoms in total. The average molecular weight is 344 g/mol. The maximum Gasteiger partial charge on any atom is 0.231 e. The van der Waals surface area contributed by atoms with Gasteiger partial charge in [-0.2, -0.15) is 0 Å². The maximum absolute atomic E-state index is 5.61. The molecule has 0 radical (unpaired) electrons. The third kappa shape index (κ3) is 3.89. The highest BCUT2D eigenvalue weighted by Crippen LogP contribution is 2.35. The molecule has 2 unspecified atom stereocenters. The first-order valence-corrected chi connectivity index (χ1v) is 8.85. The van der Waals surface area contributed by atoms with Crippen LogP contribution in [0, 0.1) is 0 Å². The molecular weight excluding hydrogens is 316 g/mol. The molecule has 0 bridgehead atoms. The Bertz CT molecular complexity index is 684. The summed E-state index contributed by atoms with van der Waals surface area (Å²) in [5.74, 6) is 3.90. The molecule has 2 aliphatic heterocycles. The first-order valence-electron chi connectivity index (χ1n) is 8.85. The van der Waals surface area contributed by atoms with Crippen molar-refractivity contribution >= 4 is 11.7 Å². The van der Waals surface area contributed by atoms with E-state index >= 15 is 0 Å². The summed E-state index contributed by atoms with van der Waals surface area (Å²) in [5, 5.41) is 0. The lowest BCUT2D eigenvalue weighted by Gasteiger charge is -2.23. The Balaban J connectivity index is 1.70. The zero-order valence-corrected chi connectivity index (χ0v) is 15.8. The van der Waals surface area contributed by atoms with Crippen molar-refractivity contribution in [3.63, 3.8) is 0 Å². The normalized spacial score (nSPS) is 22.1. The molecule has 1 aromatic rings. The number of amidine groups is 2. The fraction of sp³-hybridized carbons (Fsp3) is 0.579. The molecule has 25 heavy (non-hydrogen) atoms. The second-order valence-electron chi connectivity index (χ2n) is 6.97. The Kier molecular flexibility index (Phi) is 5.16. The maximum atomic E-state index is 5.61. The lowest BCUT2D eigenvalue weighted by Crippen LogP contribution is -2.34. The molecule has 0 saturated heterocycles. The van der Waals surface area contributed by atoms with Crippen LogP contribution in [0.25, 0.3) is 0 Å². The molecule has 1 aromatic carbocycles. The molecule has 0 fully saturated rings. The van der Waals surface area contributed by atoms with Gasteiger partial charge < -0.3 is 19.3 Å². The molecule has 0 amide bonds. The van der Waals surface area contributed by atoms with Gasteiger partial charge in [0.1, 0.15) is 11.7 Å². The molecule has 136 valence electrons. The van der Waals surface area contributed by atoms with Gasteiger partial charge in [-0.25, -0.2) is 0 Å². The Morgan fingerprint density at radius 1 is 1.04 bits per heavy atom. The van der Waals surface area contributed by atoms with Crippen LogP contribution >= 0.6 is 0 Å². The Morgan fingerprint density at radius 3 is 2.48 bits per heavy atom. The van der Waals surface area contributed by atoms with Gasteiger partial charge in [0.05, 0.1) is 18.5 Å². The van der Waals surface area contributed by atoms with E-state index in [-0.39, 0.29) is 12.1 Å². The molecule has 6 heteroatoms. The van der Waals surface area contributed by atoms with Gasteiger partial charge in [0, 0.05) is 27.7 Å². The number of benzene rings is 1. The van der Waals surface area contributed by atoms with Gasteiger partial charge in [0.15, 0.2) is 11.5 Å². The van der Waals surface area contributed by atoms with Gasteiger partial charge >= 0.3 is 0 Å². The molecule has 0 aliphatic carbocycles. The summed E-state index contributed by atoms with van der Waals surface area (Å²) in [6, 6.07) is 6.47. The number of para-hydroxylation sites is 1. The number of fused-ring (bicyclic) bond motifs is 1. The number of rotatable bonds is 3. The van der Waals surface area contributed by atoms with Gasteiger partial charge in [-0.1, -0.05) is 12.1 Å². The SMILES string of the molecule is CC1N=C(N(C)C)CC(N(C)CCc2cccc3c2OCO3)=NC1C. The average Bonchev–Trinajstić information content (AvgIpc) is 3.01. The molecule has 0 N–H and O–H groups in total. The van der Waals surface area contributed by atoms with E-state index in [1.807, 2.05) is 26.2 Å². The van der Waals surface area contributed by atoms with Gasteiger partial charge in [0.2, 0.25) is 6.79 Å². The Labute approximate surface area is 150 Å². The van der Waals surface area contributed by atoms with E-state index in [0.29, 0.717) is 6.79 Å². The summed E-state index contributed by atoms with van der Waals surface area (Å²) in [7, 11) is 6.20. The van der Waals surface area contributed by atoms with Crippen LogP contribution < -0.4 is 9.47 Å². The van der Waals surface area contributed by atoms with E-state index in [2.05, 4.69) is 36.8 Å². The highest BCUT2D eigenvalue weighted by molar-refractivity contribution is 6.02. The molecule has 0 spiro atoms. The van der Waals surface area contributed by atoms with Crippen molar-refractivity contribution in [1.82, 2.24) is 9.80 Å². The number of hydrogen-bond acceptors (Lipinski definition) is 6. The van der Waals surface area contributed by atoms with E-state index < -0.39 is 0 Å². The van der Waals surface area contributed by atoms with Crippen LogP contribution in [0.1, 0.15) is 25.8 Å². The lowest BCUT2D eigenvalue weighted by atomic mass is 10.1. The summed E-state index contributed by atoms with van der Waals surface area (Å²) in [6.45, 7) is 5.45. The second kappa shape index (κ2) is 7.33. The van der Waals surface area contributed by atoms with Crippen LogP contribution in [-0.4, -0.2) is 68.0 Å². The van der Waals surface area contributed by atoms with Crippen LogP contribution in [0.5, 0.6) is 11.5 Å². The lowest BCUT2D eigenvalue weighted by molar-refractivity contribution is 0.173. The predicted molar refractivity (Wildman–Crippen MR) is 101 cm³/mol. The van der Waals surface area contributed by atoms with Crippen LogP contribution in [0.2, 0.25) is 0 Å². The van der Waals surface area contributed by atoms with Gasteiger partial charge in [-0.3, -0.25) is 9.98 Å². The van der Waals surface area contributed by atoms with Crippen molar-refractivity contribution in [2.45, 2.75) is 38.8 Å². The number of ether oxygens (including phenoxy) is 2. The van der Waals surface area contributed by atoms with Crippen molar-refractivity contribution < 1.29 is 9.47 Å². The number of aliphatic imine (C=N–C) groups is 2. The number of hydrogen-bond donors (Lipinski definition) is 0. The number of nitrogens with zero attached hydrogens (tertiary/aromatic N) is 4. The Morgan fingerprint density at radius 2 is 1.76 bits per heavy atom. The Hall–Kier alpha value is -2.24. The quantitative estimate of drug-likeness (QED) is 0.845. The smallest absolute Gasteiger partial charge is 0.231 e. The fourth-order valence-corrected chi connectivity index (χ4v) is 3.03. The molecule has 2 aliphatic rings. The minimum absolute atomic E-state index is 0.188. The highest BCUT2D eigenvalue weighted by Gasteiger charge is 2.22. The minimum atomic E-state index is 0.188. The largest absolute Gasteiger partial charge is 0.454 e. The zero-order chi connectivity index (χ0) is 18.0. The van der Waals surface area contributed by atoms with Gasteiger partial charge in [-0.05, 0) is 31.9 Å². The van der Waals surface area contributed by atoms with Crippen LogP contribution in [0.3, 0.4) is 0 Å². The zero-order valence-electron chi connectivity index (χ0n) is 15.8. The van der Waals surface area contributed by atoms with Crippen molar-refractivity contribution in [2.75, 3.05) is 34.5 Å². The van der Waals surface area contributed by atoms with Gasteiger partial charge in [0.25, 0.3) is 0 Å². The number of likely N-dealkylation sites (N-methyl/N-ethyl adjacent to an activating group) is 1. The minimum Gasteiger partial charge on any atom is -0.454 e. The van der Waals surface area contributed by atoms with Crippen molar-refractivity contribution in [1.29, 1.82) is 0 Å². The van der Waals surface area contributed by atoms with E-state index in [1.54, 1.807) is 0 Å². The summed E-state index contributed by atoms with van der Waals surface area (Å²) in [6.07, 6.45) is 1.66. The highest BCUT2D eigenvalue weighted by atomic mass is 16.7. The second-order valence-corrected chi connectivity index (χ2v) is 6.97. The van der Waals surface area contributed by atoms with Crippen molar-refractivity contribution in [2.24, 2.45) is 9.98 Å². The van der Waals surface area contributed by atoms with Crippen LogP contribution in [0.4, 0.5) is 0 Å². The van der Waals surface area contributed by atoms with Crippen molar-refractivity contribution in [3.05, 3.63) is 23.8 Å². The summed E-state index contributed by atoms with van der Waals surface area (Å²) in [5.41, 5.74) is 1.18. The van der Waals surface area contributed by atoms with Crippen LogP contribution in [-0.2, 0) is 6.42 Å². The van der Waals surface area contributed by atoms with E-state index in [4.69, 9.17) is 19.5 Å². The molecule has 0 saturated carbocycles. The molecule has 3 rings (SSSR count). The first-order chi connectivity index (χ1) is 12.0. The van der Waals surface area contributed by atoms with E-state index in [1.165, 1.54) is 5.56 Å². The van der Waals surface area contributed by atoms with Crippen LogP contribution in [0.15, 0.2) is 28.2 Å². The summed E-state index contributed by atoms with van der Waals surface area (Å²) < 4.78 is 11.1. The van der Waals surface area contributed by atoms with Crippen molar-refractivity contribution in [3.8, 4) is 11.5 Å². The molecule has 0 aromatic heterocycles. The third-order valence-corrected chi connectivity index (χ3v) is 4.87. The summed E-state index contributed by atoms with van der Waals surface area (Å²) in [4.78, 5) is 14.1. The fourth-order valence-electron chi connectivity index (χ4n) is 3.03. The standard InChI is InChI=1S/C19H28N4O2/c1-13-14(2)21-18(11-17(20-13)22(3)4)23(5)10-9-15-7-6-8-16-19(15)25-12-24-16/h6-8,13-14H,9-12H2,1-5H3. The topological polar surface area (TPSA) is 49.7 Å². The predicted octanol–water partition coefficient (Wildman–Crippen LogP) is 2.43. The summed E-state index contributed by atoms with van der Waals surface area (Å²) >= 11 is 0. The first kappa shape index (κ1) is 17.6. The molecule has 2 heterocycles. The molecular formula is C19H28N4O2. The van der Waals surface area contributed by atoms with E-state index in [9.17, 15) is 0 Å². The third-order valence-electron chi connectivity index (χ3n) is 4.87. The van der Waals surface area contributed by atoms with Gasteiger partial charge in [-0.15, -0.1) is 0 Å². The van der Waals surface area contributed by atoms with E-state index in [0.717, 1.165) is 42.6 Å². The monoisotopic (exact) mass is 344 g/mol.